The molecule has 0 saturated carbocycles. The fourth-order valence-electron chi connectivity index (χ4n) is 1.71. The highest BCUT2D eigenvalue weighted by molar-refractivity contribution is 9.10. The van der Waals surface area contributed by atoms with Gasteiger partial charge in [-0.2, -0.15) is 0 Å². The van der Waals surface area contributed by atoms with E-state index < -0.39 is 0 Å². The molecule has 1 aliphatic rings. The van der Waals surface area contributed by atoms with Gasteiger partial charge < -0.3 is 10.2 Å². The Hall–Kier alpha value is -1.36. The van der Waals surface area contributed by atoms with Gasteiger partial charge in [0.05, 0.1) is 0 Å². The Morgan fingerprint density at radius 3 is 2.44 bits per heavy atom. The summed E-state index contributed by atoms with van der Waals surface area (Å²) in [5, 5.41) is 2.75. The van der Waals surface area contributed by atoms with Crippen molar-refractivity contribution < 1.29 is 9.59 Å². The number of likely N-dealkylation sites (tertiary alicyclic amines) is 1. The maximum Gasteiger partial charge on any atom is 0.251 e. The Balaban J connectivity index is 1.74. The molecule has 1 saturated heterocycles. The van der Waals surface area contributed by atoms with Crippen molar-refractivity contribution in [2.45, 2.75) is 12.8 Å². The van der Waals surface area contributed by atoms with E-state index in [0.717, 1.165) is 24.0 Å². The third-order valence-corrected chi connectivity index (χ3v) is 3.47. The minimum Gasteiger partial charge on any atom is -0.352 e. The molecule has 5 heteroatoms. The van der Waals surface area contributed by atoms with Crippen LogP contribution in [0, 0.1) is 0 Å². The predicted octanol–water partition coefficient (Wildman–Crippen LogP) is 1.80. The Morgan fingerprint density at radius 2 is 1.89 bits per heavy atom. The molecule has 0 aromatic heterocycles. The van der Waals surface area contributed by atoms with Crippen LogP contribution in [0.3, 0.4) is 0 Å². The molecular weight excluding hydrogens is 296 g/mol. The first-order chi connectivity index (χ1) is 8.66. The van der Waals surface area contributed by atoms with Crippen molar-refractivity contribution >= 4 is 27.7 Å². The fraction of sp³-hybridized carbons (Fsp3) is 0.385. The summed E-state index contributed by atoms with van der Waals surface area (Å²) in [6.07, 6.45) is 1.47. The van der Waals surface area contributed by atoms with Gasteiger partial charge in [0.1, 0.15) is 0 Å². The first-order valence-electron chi connectivity index (χ1n) is 5.98. The van der Waals surface area contributed by atoms with E-state index in [2.05, 4.69) is 21.2 Å². The molecule has 2 amide bonds. The van der Waals surface area contributed by atoms with Crippen molar-refractivity contribution in [3.05, 3.63) is 34.3 Å². The molecule has 0 aliphatic carbocycles. The topological polar surface area (TPSA) is 49.4 Å². The first kappa shape index (κ1) is 13.1. The van der Waals surface area contributed by atoms with Crippen molar-refractivity contribution in [1.29, 1.82) is 0 Å². The van der Waals surface area contributed by atoms with Gasteiger partial charge in [0.15, 0.2) is 0 Å². The van der Waals surface area contributed by atoms with Crippen LogP contribution in [0.4, 0.5) is 0 Å². The molecule has 1 N–H and O–H groups in total. The molecule has 1 aliphatic heterocycles. The zero-order valence-corrected chi connectivity index (χ0v) is 11.6. The lowest BCUT2D eigenvalue weighted by atomic mass is 10.2. The molecule has 0 unspecified atom stereocenters. The van der Waals surface area contributed by atoms with E-state index in [1.165, 1.54) is 0 Å². The monoisotopic (exact) mass is 310 g/mol. The van der Waals surface area contributed by atoms with Gasteiger partial charge in [0.25, 0.3) is 5.91 Å². The van der Waals surface area contributed by atoms with Crippen LogP contribution < -0.4 is 5.32 Å². The van der Waals surface area contributed by atoms with Crippen LogP contribution in [0.25, 0.3) is 0 Å². The molecule has 1 heterocycles. The standard InChI is InChI=1S/C13H15BrN2O2/c14-11-4-2-10(3-5-11)13(18)15-7-6-12(17)16-8-1-9-16/h2-5H,1,6-9H2,(H,15,18). The lowest BCUT2D eigenvalue weighted by molar-refractivity contribution is -0.134. The molecule has 4 nitrogen and oxygen atoms in total. The van der Waals surface area contributed by atoms with Gasteiger partial charge in [-0.25, -0.2) is 0 Å². The summed E-state index contributed by atoms with van der Waals surface area (Å²) < 4.78 is 0.937. The summed E-state index contributed by atoms with van der Waals surface area (Å²) in [4.78, 5) is 25.1. The molecule has 96 valence electrons. The van der Waals surface area contributed by atoms with Gasteiger partial charge in [0, 0.05) is 36.1 Å². The zero-order valence-electron chi connectivity index (χ0n) is 9.99. The SMILES string of the molecule is O=C(NCCC(=O)N1CCC1)c1ccc(Br)cc1. The second kappa shape index (κ2) is 6.00. The highest BCUT2D eigenvalue weighted by atomic mass is 79.9. The Kier molecular flexibility index (Phi) is 4.36. The van der Waals surface area contributed by atoms with Crippen LogP contribution >= 0.6 is 15.9 Å². The second-order valence-electron chi connectivity index (χ2n) is 4.25. The van der Waals surface area contributed by atoms with Crippen LogP contribution in [-0.4, -0.2) is 36.3 Å². The number of halogens is 1. The Labute approximate surface area is 114 Å². The molecule has 1 aromatic carbocycles. The molecule has 0 radical (unpaired) electrons. The maximum atomic E-state index is 11.7. The maximum absolute atomic E-state index is 11.7. The van der Waals surface area contributed by atoms with Crippen LogP contribution in [0.15, 0.2) is 28.7 Å². The van der Waals surface area contributed by atoms with Crippen molar-refractivity contribution in [2.75, 3.05) is 19.6 Å². The normalized spacial score (nSPS) is 13.9. The van der Waals surface area contributed by atoms with Gasteiger partial charge >= 0.3 is 0 Å². The summed E-state index contributed by atoms with van der Waals surface area (Å²) >= 11 is 3.31. The second-order valence-corrected chi connectivity index (χ2v) is 5.16. The van der Waals surface area contributed by atoms with Crippen LogP contribution in [0.5, 0.6) is 0 Å². The molecule has 18 heavy (non-hydrogen) atoms. The van der Waals surface area contributed by atoms with Crippen LogP contribution in [0.1, 0.15) is 23.2 Å². The van der Waals surface area contributed by atoms with E-state index in [-0.39, 0.29) is 11.8 Å². The van der Waals surface area contributed by atoms with Gasteiger partial charge in [-0.1, -0.05) is 15.9 Å². The van der Waals surface area contributed by atoms with Gasteiger partial charge in [0.2, 0.25) is 5.91 Å². The number of rotatable bonds is 4. The third-order valence-electron chi connectivity index (χ3n) is 2.94. The average molecular weight is 311 g/mol. The number of carbonyl (C=O) groups is 2. The largest absolute Gasteiger partial charge is 0.352 e. The molecule has 2 rings (SSSR count). The van der Waals surface area contributed by atoms with Crippen molar-refractivity contribution in [2.24, 2.45) is 0 Å². The molecule has 1 fully saturated rings. The van der Waals surface area contributed by atoms with Gasteiger partial charge in [-0.05, 0) is 30.7 Å². The lowest BCUT2D eigenvalue weighted by Gasteiger charge is -2.30. The van der Waals surface area contributed by atoms with E-state index in [1.807, 2.05) is 17.0 Å². The third kappa shape index (κ3) is 3.32. The van der Waals surface area contributed by atoms with Crippen LogP contribution in [0.2, 0.25) is 0 Å². The summed E-state index contributed by atoms with van der Waals surface area (Å²) in [5.41, 5.74) is 0.606. The Bertz CT molecular complexity index is 441. The summed E-state index contributed by atoms with van der Waals surface area (Å²) in [7, 11) is 0. The highest BCUT2D eigenvalue weighted by Crippen LogP contribution is 2.10. The number of carbonyl (C=O) groups excluding carboxylic acids is 2. The summed E-state index contributed by atoms with van der Waals surface area (Å²) in [5.74, 6) is -0.0173. The summed E-state index contributed by atoms with van der Waals surface area (Å²) in [6.45, 7) is 2.11. The number of nitrogens with zero attached hydrogens (tertiary/aromatic N) is 1. The van der Waals surface area contributed by atoms with Crippen molar-refractivity contribution in [3.63, 3.8) is 0 Å². The van der Waals surface area contributed by atoms with Crippen LogP contribution in [-0.2, 0) is 4.79 Å². The van der Waals surface area contributed by atoms with Gasteiger partial charge in [-0.3, -0.25) is 9.59 Å². The average Bonchev–Trinajstić information content (AvgIpc) is 2.27. The van der Waals surface area contributed by atoms with Crippen molar-refractivity contribution in [1.82, 2.24) is 10.2 Å². The number of hydrogen-bond acceptors (Lipinski definition) is 2. The lowest BCUT2D eigenvalue weighted by Crippen LogP contribution is -2.43. The number of amides is 2. The van der Waals surface area contributed by atoms with Gasteiger partial charge in [-0.15, -0.1) is 0 Å². The number of benzene rings is 1. The van der Waals surface area contributed by atoms with Crippen molar-refractivity contribution in [3.8, 4) is 0 Å². The molecule has 0 atom stereocenters. The molecule has 1 aromatic rings. The summed E-state index contributed by atoms with van der Waals surface area (Å²) in [6, 6.07) is 7.13. The van der Waals surface area contributed by atoms with E-state index >= 15 is 0 Å². The van der Waals surface area contributed by atoms with E-state index in [9.17, 15) is 9.59 Å². The highest BCUT2D eigenvalue weighted by Gasteiger charge is 2.19. The minimum atomic E-state index is -0.140. The Morgan fingerprint density at radius 1 is 1.22 bits per heavy atom. The number of hydrogen-bond donors (Lipinski definition) is 1. The zero-order chi connectivity index (χ0) is 13.0. The van der Waals surface area contributed by atoms with E-state index in [4.69, 9.17) is 0 Å². The minimum absolute atomic E-state index is 0.123. The predicted molar refractivity (Wildman–Crippen MR) is 72.3 cm³/mol. The fourth-order valence-corrected chi connectivity index (χ4v) is 1.97. The molecule has 0 spiro atoms. The molecule has 0 bridgehead atoms. The number of nitrogens with one attached hydrogen (secondary N) is 1. The van der Waals surface area contributed by atoms with E-state index in [0.29, 0.717) is 18.5 Å². The smallest absolute Gasteiger partial charge is 0.251 e. The molecular formula is C13H15BrN2O2. The quantitative estimate of drug-likeness (QED) is 0.922. The van der Waals surface area contributed by atoms with E-state index in [1.54, 1.807) is 12.1 Å². The first-order valence-corrected chi connectivity index (χ1v) is 6.77.